The molecule has 0 aliphatic carbocycles. The highest BCUT2D eigenvalue weighted by molar-refractivity contribution is 6.30. The van der Waals surface area contributed by atoms with E-state index in [0.717, 1.165) is 12.0 Å². The summed E-state index contributed by atoms with van der Waals surface area (Å²) in [6.07, 6.45) is 1.24. The average molecular weight is 427 g/mol. The molecule has 2 N–H and O–H groups in total. The van der Waals surface area contributed by atoms with Gasteiger partial charge in [0.25, 0.3) is 0 Å². The van der Waals surface area contributed by atoms with Gasteiger partial charge in [0.05, 0.1) is 5.69 Å². The molecule has 0 fully saturated rings. The van der Waals surface area contributed by atoms with Gasteiger partial charge in [-0.05, 0) is 37.6 Å². The molecule has 0 spiro atoms. The first-order chi connectivity index (χ1) is 14.4. The molecule has 1 aliphatic heterocycles. The van der Waals surface area contributed by atoms with Gasteiger partial charge in [-0.15, -0.1) is 10.2 Å². The molecule has 0 saturated carbocycles. The maximum atomic E-state index is 12.5. The second-order valence-electron chi connectivity index (χ2n) is 7.01. The third-order valence-electron chi connectivity index (χ3n) is 4.51. The number of nitrogens with zero attached hydrogens (tertiary/aromatic N) is 4. The van der Waals surface area contributed by atoms with E-state index in [9.17, 15) is 9.59 Å². The van der Waals surface area contributed by atoms with Crippen LogP contribution in [0, 0.1) is 5.41 Å². The number of hydrogen-bond acceptors (Lipinski definition) is 6. The van der Waals surface area contributed by atoms with Crippen molar-refractivity contribution in [1.82, 2.24) is 15.1 Å². The highest BCUT2D eigenvalue weighted by Crippen LogP contribution is 2.19. The molecule has 1 aliphatic rings. The summed E-state index contributed by atoms with van der Waals surface area (Å²) in [5.74, 6) is 0.470. The monoisotopic (exact) mass is 426 g/mol. The number of amidine groups is 1. The summed E-state index contributed by atoms with van der Waals surface area (Å²) in [5.41, 5.74) is 1.99. The minimum Gasteiger partial charge on any atom is -0.310 e. The Morgan fingerprint density at radius 3 is 2.57 bits per heavy atom. The smallest absolute Gasteiger partial charge is 0.228 e. The van der Waals surface area contributed by atoms with Crippen molar-refractivity contribution in [2.45, 2.75) is 32.6 Å². The number of carbonyl (C=O) groups excluding carboxylic acids is 2. The topological polar surface area (TPSA) is 111 Å². The van der Waals surface area contributed by atoms with Crippen LogP contribution in [0.25, 0.3) is 11.3 Å². The van der Waals surface area contributed by atoms with Crippen LogP contribution in [-0.4, -0.2) is 51.5 Å². The first kappa shape index (κ1) is 21.6. The van der Waals surface area contributed by atoms with E-state index in [2.05, 4.69) is 20.5 Å². The average Bonchev–Trinajstić information content (AvgIpc) is 2.73. The highest BCUT2D eigenvalue weighted by Gasteiger charge is 2.22. The third-order valence-corrected chi connectivity index (χ3v) is 4.76. The van der Waals surface area contributed by atoms with Crippen LogP contribution in [0.2, 0.25) is 5.02 Å². The van der Waals surface area contributed by atoms with Crippen LogP contribution in [0.3, 0.4) is 0 Å². The molecule has 0 atom stereocenters. The summed E-state index contributed by atoms with van der Waals surface area (Å²) in [4.78, 5) is 30.7. The van der Waals surface area contributed by atoms with Gasteiger partial charge in [-0.25, -0.2) is 0 Å². The minimum atomic E-state index is -0.310. The zero-order valence-electron chi connectivity index (χ0n) is 16.7. The maximum absolute atomic E-state index is 12.5. The van der Waals surface area contributed by atoms with Gasteiger partial charge in [-0.1, -0.05) is 23.7 Å². The van der Waals surface area contributed by atoms with Crippen LogP contribution in [0.5, 0.6) is 0 Å². The number of amides is 2. The van der Waals surface area contributed by atoms with Crippen LogP contribution in [-0.2, 0) is 9.59 Å². The number of benzene rings is 1. The number of aliphatic imine (C=N–C) groups is 1. The van der Waals surface area contributed by atoms with Gasteiger partial charge in [-0.3, -0.25) is 14.6 Å². The van der Waals surface area contributed by atoms with E-state index in [-0.39, 0.29) is 24.7 Å². The van der Waals surface area contributed by atoms with Gasteiger partial charge in [-0.2, -0.15) is 0 Å². The molecule has 0 radical (unpaired) electrons. The van der Waals surface area contributed by atoms with Crippen molar-refractivity contribution >= 4 is 40.8 Å². The summed E-state index contributed by atoms with van der Waals surface area (Å²) < 4.78 is 0. The van der Waals surface area contributed by atoms with Crippen molar-refractivity contribution in [2.75, 3.05) is 18.4 Å². The molecule has 156 valence electrons. The fourth-order valence-corrected chi connectivity index (χ4v) is 3.17. The molecular formula is C21H23ClN6O2. The van der Waals surface area contributed by atoms with Crippen molar-refractivity contribution in [3.05, 3.63) is 41.4 Å². The standard InChI is InChI=1S/C21H23ClN6O2/c1-14(23)13-19-24-11-2-12-28(19)21(30)10-9-20(29)25-18-8-7-17(26-27-18)15-3-5-16(22)6-4-15/h3-8,23H,2,9-13H2,1H3,(H,25,27,29). The third kappa shape index (κ3) is 5.93. The van der Waals surface area contributed by atoms with E-state index < -0.39 is 0 Å². The first-order valence-electron chi connectivity index (χ1n) is 9.69. The molecule has 2 aromatic rings. The molecule has 1 aromatic heterocycles. The Kier molecular flexibility index (Phi) is 7.24. The predicted molar refractivity (Wildman–Crippen MR) is 117 cm³/mol. The number of halogens is 1. The minimum absolute atomic E-state index is 0.0345. The van der Waals surface area contributed by atoms with Crippen LogP contribution in [0.1, 0.15) is 32.6 Å². The van der Waals surface area contributed by atoms with Gasteiger partial charge in [0.2, 0.25) is 11.8 Å². The van der Waals surface area contributed by atoms with Crippen LogP contribution >= 0.6 is 11.6 Å². The second kappa shape index (κ2) is 10.1. The molecule has 30 heavy (non-hydrogen) atoms. The molecule has 0 unspecified atom stereocenters. The molecule has 2 heterocycles. The number of anilines is 1. The lowest BCUT2D eigenvalue weighted by molar-refractivity contribution is -0.129. The van der Waals surface area contributed by atoms with Crippen molar-refractivity contribution in [3.63, 3.8) is 0 Å². The molecule has 0 saturated heterocycles. The number of hydrogen-bond donors (Lipinski definition) is 2. The Bertz CT molecular complexity index is 956. The number of aromatic nitrogens is 2. The van der Waals surface area contributed by atoms with Crippen molar-refractivity contribution in [1.29, 1.82) is 5.41 Å². The molecule has 2 amide bonds. The molecule has 3 rings (SSSR count). The Hall–Kier alpha value is -3.13. The fraction of sp³-hybridized carbons (Fsp3) is 0.333. The van der Waals surface area contributed by atoms with E-state index in [4.69, 9.17) is 17.0 Å². The fourth-order valence-electron chi connectivity index (χ4n) is 3.04. The lowest BCUT2D eigenvalue weighted by Gasteiger charge is -2.27. The van der Waals surface area contributed by atoms with Gasteiger partial charge in [0, 0.05) is 48.6 Å². The number of nitrogens with one attached hydrogen (secondary N) is 2. The van der Waals surface area contributed by atoms with Crippen LogP contribution in [0.4, 0.5) is 5.82 Å². The van der Waals surface area contributed by atoms with Gasteiger partial charge in [0.1, 0.15) is 5.84 Å². The normalized spacial score (nSPS) is 13.5. The maximum Gasteiger partial charge on any atom is 0.228 e. The first-order valence-corrected chi connectivity index (χ1v) is 10.1. The van der Waals surface area contributed by atoms with E-state index in [0.29, 0.717) is 47.6 Å². The number of rotatable bonds is 7. The van der Waals surface area contributed by atoms with E-state index in [1.54, 1.807) is 36.1 Å². The highest BCUT2D eigenvalue weighted by atomic mass is 35.5. The Labute approximate surface area is 179 Å². The second-order valence-corrected chi connectivity index (χ2v) is 7.45. The Balaban J connectivity index is 1.52. The van der Waals surface area contributed by atoms with Crippen molar-refractivity contribution in [3.8, 4) is 11.3 Å². The summed E-state index contributed by atoms with van der Waals surface area (Å²) in [6, 6.07) is 10.6. The number of carbonyl (C=O) groups is 2. The summed E-state index contributed by atoms with van der Waals surface area (Å²) in [5, 5.41) is 19.1. The largest absolute Gasteiger partial charge is 0.310 e. The summed E-state index contributed by atoms with van der Waals surface area (Å²) in [7, 11) is 0. The molecule has 1 aromatic carbocycles. The van der Waals surface area contributed by atoms with Crippen molar-refractivity contribution in [2.24, 2.45) is 4.99 Å². The Morgan fingerprint density at radius 1 is 1.13 bits per heavy atom. The van der Waals surface area contributed by atoms with Crippen LogP contribution in [0.15, 0.2) is 41.4 Å². The summed E-state index contributed by atoms with van der Waals surface area (Å²) >= 11 is 5.89. The lowest BCUT2D eigenvalue weighted by Crippen LogP contribution is -2.41. The van der Waals surface area contributed by atoms with Crippen LogP contribution < -0.4 is 5.32 Å². The molecule has 0 bridgehead atoms. The Morgan fingerprint density at radius 2 is 1.90 bits per heavy atom. The molecular weight excluding hydrogens is 404 g/mol. The predicted octanol–water partition coefficient (Wildman–Crippen LogP) is 3.58. The van der Waals surface area contributed by atoms with E-state index in [1.807, 2.05) is 12.1 Å². The molecule has 9 heteroatoms. The zero-order valence-corrected chi connectivity index (χ0v) is 17.4. The van der Waals surface area contributed by atoms with Gasteiger partial charge < -0.3 is 15.6 Å². The van der Waals surface area contributed by atoms with Gasteiger partial charge in [0.15, 0.2) is 5.82 Å². The zero-order chi connectivity index (χ0) is 21.5. The quantitative estimate of drug-likeness (QED) is 0.659. The molecule has 8 nitrogen and oxygen atoms in total. The van der Waals surface area contributed by atoms with E-state index in [1.165, 1.54) is 0 Å². The van der Waals surface area contributed by atoms with E-state index >= 15 is 0 Å². The van der Waals surface area contributed by atoms with Gasteiger partial charge >= 0.3 is 0 Å². The SMILES string of the molecule is CC(=N)CC1=NCCCN1C(=O)CCC(=O)Nc1ccc(-c2ccc(Cl)cc2)nn1. The van der Waals surface area contributed by atoms with Crippen molar-refractivity contribution < 1.29 is 9.59 Å². The summed E-state index contributed by atoms with van der Waals surface area (Å²) in [6.45, 7) is 2.92. The lowest BCUT2D eigenvalue weighted by atomic mass is 10.1.